The van der Waals surface area contributed by atoms with E-state index in [4.69, 9.17) is 4.74 Å². The first-order valence-corrected chi connectivity index (χ1v) is 6.66. The van der Waals surface area contributed by atoms with Gasteiger partial charge >= 0.3 is 12.1 Å². The van der Waals surface area contributed by atoms with Crippen molar-refractivity contribution in [2.45, 2.75) is 57.6 Å². The van der Waals surface area contributed by atoms with Gasteiger partial charge in [0.1, 0.15) is 0 Å². The number of ether oxygens (including phenoxy) is 1. The molecule has 17 heavy (non-hydrogen) atoms. The molecule has 0 spiro atoms. The molecule has 102 valence electrons. The van der Waals surface area contributed by atoms with Crippen molar-refractivity contribution >= 4 is 17.7 Å². The van der Waals surface area contributed by atoms with Crippen LogP contribution in [-0.2, 0) is 9.53 Å². The smallest absolute Gasteiger partial charge is 0.389 e. The quantitative estimate of drug-likeness (QED) is 0.521. The fourth-order valence-corrected chi connectivity index (χ4v) is 2.00. The summed E-state index contributed by atoms with van der Waals surface area (Å²) in [6.07, 6.45) is -4.41. The Morgan fingerprint density at radius 1 is 1.24 bits per heavy atom. The van der Waals surface area contributed by atoms with Gasteiger partial charge < -0.3 is 4.74 Å². The molecule has 0 aromatic carbocycles. The Morgan fingerprint density at radius 3 is 2.29 bits per heavy atom. The maximum atomic E-state index is 11.8. The number of carbonyl (C=O) groups is 1. The molecule has 0 rings (SSSR count). The van der Waals surface area contributed by atoms with Crippen LogP contribution in [0.1, 0.15) is 40.0 Å². The van der Waals surface area contributed by atoms with Gasteiger partial charge in [0, 0.05) is 6.42 Å². The number of unbranched alkanes of at least 4 members (excludes halogenated alkanes) is 1. The van der Waals surface area contributed by atoms with E-state index in [9.17, 15) is 18.0 Å². The van der Waals surface area contributed by atoms with Crippen LogP contribution in [0.2, 0.25) is 0 Å². The highest BCUT2D eigenvalue weighted by Gasteiger charge is 2.26. The normalized spacial score (nSPS) is 13.8. The molecule has 0 N–H and O–H groups in total. The molecule has 0 aliphatic heterocycles. The minimum atomic E-state index is -4.08. The predicted molar refractivity (Wildman–Crippen MR) is 63.1 cm³/mol. The summed E-state index contributed by atoms with van der Waals surface area (Å²) in [7, 11) is 0. The Bertz CT molecular complexity index is 229. The Kier molecular flexibility index (Phi) is 7.66. The fraction of sp³-hybridized carbons (Fsp3) is 0.909. The monoisotopic (exact) mass is 272 g/mol. The van der Waals surface area contributed by atoms with E-state index in [-0.39, 0.29) is 23.7 Å². The molecule has 0 aromatic heterocycles. The van der Waals surface area contributed by atoms with Gasteiger partial charge in [-0.25, -0.2) is 0 Å². The largest absolute Gasteiger partial charge is 0.462 e. The number of hydrogen-bond donors (Lipinski definition) is 0. The molecule has 2 nitrogen and oxygen atoms in total. The van der Waals surface area contributed by atoms with Crippen molar-refractivity contribution < 1.29 is 22.7 Å². The molecular formula is C11H19F3O2S. The SMILES string of the molecule is CC(C)OC(=O)C(C)SCCCCC(F)(F)F. The van der Waals surface area contributed by atoms with Crippen LogP contribution in [0.15, 0.2) is 0 Å². The Labute approximate surface area is 104 Å². The van der Waals surface area contributed by atoms with Crippen LogP contribution < -0.4 is 0 Å². The summed E-state index contributed by atoms with van der Waals surface area (Å²) in [5.74, 6) is 0.241. The fourth-order valence-electron chi connectivity index (χ4n) is 1.08. The summed E-state index contributed by atoms with van der Waals surface area (Å²) < 4.78 is 40.5. The molecule has 0 aliphatic rings. The van der Waals surface area contributed by atoms with Crippen molar-refractivity contribution in [1.82, 2.24) is 0 Å². The molecule has 1 atom stereocenters. The average Bonchev–Trinajstić information content (AvgIpc) is 2.13. The highest BCUT2D eigenvalue weighted by molar-refractivity contribution is 8.00. The molecule has 0 aromatic rings. The Hall–Kier alpha value is -0.390. The second-order valence-electron chi connectivity index (χ2n) is 4.07. The van der Waals surface area contributed by atoms with Crippen molar-refractivity contribution in [2.75, 3.05) is 5.75 Å². The summed E-state index contributed by atoms with van der Waals surface area (Å²) in [5.41, 5.74) is 0. The summed E-state index contributed by atoms with van der Waals surface area (Å²) in [4.78, 5) is 11.4. The molecule has 0 radical (unpaired) electrons. The van der Waals surface area contributed by atoms with Gasteiger partial charge in [-0.15, -0.1) is 11.8 Å². The van der Waals surface area contributed by atoms with Gasteiger partial charge in [0.15, 0.2) is 0 Å². The Balaban J connectivity index is 3.58. The van der Waals surface area contributed by atoms with Crippen LogP contribution in [0, 0.1) is 0 Å². The van der Waals surface area contributed by atoms with Crippen molar-refractivity contribution in [2.24, 2.45) is 0 Å². The van der Waals surface area contributed by atoms with Crippen LogP contribution in [0.25, 0.3) is 0 Å². The zero-order valence-electron chi connectivity index (χ0n) is 10.3. The molecule has 1 unspecified atom stereocenters. The lowest BCUT2D eigenvalue weighted by molar-refractivity contribution is -0.146. The maximum Gasteiger partial charge on any atom is 0.389 e. The van der Waals surface area contributed by atoms with E-state index >= 15 is 0 Å². The first-order chi connectivity index (χ1) is 7.72. The molecule has 6 heteroatoms. The van der Waals surface area contributed by atoms with Crippen LogP contribution in [0.5, 0.6) is 0 Å². The first-order valence-electron chi connectivity index (χ1n) is 5.61. The second-order valence-corrected chi connectivity index (χ2v) is 5.52. The third-order valence-electron chi connectivity index (χ3n) is 1.91. The van der Waals surface area contributed by atoms with Gasteiger partial charge in [-0.05, 0) is 39.4 Å². The zero-order valence-corrected chi connectivity index (χ0v) is 11.2. The standard InChI is InChI=1S/C11H19F3O2S/c1-8(2)16-10(15)9(3)17-7-5-4-6-11(12,13)14/h8-9H,4-7H2,1-3H3. The van der Waals surface area contributed by atoms with E-state index < -0.39 is 12.6 Å². The van der Waals surface area contributed by atoms with Crippen molar-refractivity contribution in [3.63, 3.8) is 0 Å². The van der Waals surface area contributed by atoms with Gasteiger partial charge in [0.25, 0.3) is 0 Å². The van der Waals surface area contributed by atoms with Gasteiger partial charge in [0.2, 0.25) is 0 Å². The van der Waals surface area contributed by atoms with Crippen molar-refractivity contribution in [3.8, 4) is 0 Å². The summed E-state index contributed by atoms with van der Waals surface area (Å²) >= 11 is 1.34. The number of alkyl halides is 3. The van der Waals surface area contributed by atoms with E-state index in [0.717, 1.165) is 0 Å². The van der Waals surface area contributed by atoms with Crippen LogP contribution in [-0.4, -0.2) is 29.3 Å². The van der Waals surface area contributed by atoms with Crippen LogP contribution >= 0.6 is 11.8 Å². The second kappa shape index (κ2) is 7.84. The summed E-state index contributed by atoms with van der Waals surface area (Å²) in [6, 6.07) is 0. The number of esters is 1. The highest BCUT2D eigenvalue weighted by atomic mass is 32.2. The molecule has 0 bridgehead atoms. The van der Waals surface area contributed by atoms with Crippen LogP contribution in [0.4, 0.5) is 13.2 Å². The minimum absolute atomic E-state index is 0.114. The molecule has 0 amide bonds. The van der Waals surface area contributed by atoms with Gasteiger partial charge in [-0.2, -0.15) is 13.2 Å². The molecular weight excluding hydrogens is 253 g/mol. The lowest BCUT2D eigenvalue weighted by Crippen LogP contribution is -2.21. The predicted octanol–water partition coefficient (Wildman–Crippen LogP) is 3.79. The number of rotatable bonds is 7. The van der Waals surface area contributed by atoms with E-state index in [0.29, 0.717) is 12.2 Å². The van der Waals surface area contributed by atoms with E-state index in [1.807, 2.05) is 0 Å². The molecule has 0 aliphatic carbocycles. The molecule has 0 saturated carbocycles. The van der Waals surface area contributed by atoms with Crippen molar-refractivity contribution in [1.29, 1.82) is 0 Å². The third-order valence-corrected chi connectivity index (χ3v) is 3.12. The lowest BCUT2D eigenvalue weighted by atomic mass is 10.2. The topological polar surface area (TPSA) is 26.3 Å². The third kappa shape index (κ3) is 10.5. The number of halogens is 3. The molecule has 0 heterocycles. The summed E-state index contributed by atoms with van der Waals surface area (Å²) in [5, 5.41) is -0.316. The lowest BCUT2D eigenvalue weighted by Gasteiger charge is -2.13. The molecule has 0 saturated heterocycles. The van der Waals surface area contributed by atoms with Gasteiger partial charge in [0.05, 0.1) is 11.4 Å². The van der Waals surface area contributed by atoms with Crippen molar-refractivity contribution in [3.05, 3.63) is 0 Å². The number of carbonyl (C=O) groups excluding carboxylic acids is 1. The van der Waals surface area contributed by atoms with Gasteiger partial charge in [-0.1, -0.05) is 0 Å². The van der Waals surface area contributed by atoms with E-state index in [1.54, 1.807) is 20.8 Å². The number of hydrogen-bond acceptors (Lipinski definition) is 3. The maximum absolute atomic E-state index is 11.8. The minimum Gasteiger partial charge on any atom is -0.462 e. The first kappa shape index (κ1) is 16.6. The molecule has 0 fully saturated rings. The van der Waals surface area contributed by atoms with E-state index in [1.165, 1.54) is 11.8 Å². The van der Waals surface area contributed by atoms with E-state index in [2.05, 4.69) is 0 Å². The highest BCUT2D eigenvalue weighted by Crippen LogP contribution is 2.23. The summed E-state index contributed by atoms with van der Waals surface area (Å²) in [6.45, 7) is 5.23. The zero-order chi connectivity index (χ0) is 13.5. The Morgan fingerprint density at radius 2 is 1.82 bits per heavy atom. The number of thioether (sulfide) groups is 1. The average molecular weight is 272 g/mol. The van der Waals surface area contributed by atoms with Crippen LogP contribution in [0.3, 0.4) is 0 Å². The van der Waals surface area contributed by atoms with Gasteiger partial charge in [-0.3, -0.25) is 4.79 Å².